The quantitative estimate of drug-likeness (QED) is 0.803. The molecule has 0 atom stereocenters. The molecule has 0 aromatic carbocycles. The zero-order valence-electron chi connectivity index (χ0n) is 15.3. The third-order valence-electron chi connectivity index (χ3n) is 4.96. The van der Waals surface area contributed by atoms with Gasteiger partial charge in [-0.15, -0.1) is 0 Å². The van der Waals surface area contributed by atoms with Crippen LogP contribution in [0.5, 0.6) is 0 Å². The van der Waals surface area contributed by atoms with E-state index in [2.05, 4.69) is 15.2 Å². The Hall–Kier alpha value is -2.15. The van der Waals surface area contributed by atoms with E-state index in [0.717, 1.165) is 44.7 Å². The molecular weight excluding hydrogens is 318 g/mol. The lowest BCUT2D eigenvalue weighted by molar-refractivity contribution is 0.0599. The number of aromatic nitrogens is 3. The topological polar surface area (TPSA) is 67.4 Å². The second-order valence-corrected chi connectivity index (χ2v) is 7.03. The lowest BCUT2D eigenvalue weighted by Crippen LogP contribution is -2.46. The number of carbonyl (C=O) groups excluding carboxylic acids is 1. The minimum atomic E-state index is -0.0746. The van der Waals surface area contributed by atoms with Crippen molar-refractivity contribution >= 4 is 5.91 Å². The average molecular weight is 345 g/mol. The highest BCUT2D eigenvalue weighted by molar-refractivity contribution is 5.91. The molecule has 7 heteroatoms. The lowest BCUT2D eigenvalue weighted by Gasteiger charge is -2.36. The summed E-state index contributed by atoms with van der Waals surface area (Å²) >= 11 is 0. The summed E-state index contributed by atoms with van der Waals surface area (Å²) in [6, 6.07) is 3.96. The zero-order valence-corrected chi connectivity index (χ0v) is 15.3. The van der Waals surface area contributed by atoms with E-state index >= 15 is 0 Å². The van der Waals surface area contributed by atoms with Crippen molar-refractivity contribution in [1.82, 2.24) is 24.7 Å². The molecule has 2 aromatic heterocycles. The van der Waals surface area contributed by atoms with Gasteiger partial charge in [-0.2, -0.15) is 5.10 Å². The first-order chi connectivity index (χ1) is 12.0. The molecule has 7 nitrogen and oxygen atoms in total. The molecule has 1 saturated heterocycles. The molecule has 0 radical (unpaired) electrons. The minimum Gasteiger partial charge on any atom is -0.351 e. The third kappa shape index (κ3) is 4.28. The van der Waals surface area contributed by atoms with Crippen molar-refractivity contribution in [2.24, 2.45) is 0 Å². The molecule has 1 aliphatic rings. The van der Waals surface area contributed by atoms with E-state index < -0.39 is 0 Å². The molecule has 0 unspecified atom stereocenters. The molecule has 0 N–H and O–H groups in total. The van der Waals surface area contributed by atoms with Crippen LogP contribution in [0.25, 0.3) is 0 Å². The van der Waals surface area contributed by atoms with Crippen molar-refractivity contribution in [2.45, 2.75) is 45.2 Å². The number of amides is 1. The molecule has 3 rings (SSSR count). The van der Waals surface area contributed by atoms with Crippen molar-refractivity contribution in [3.63, 3.8) is 0 Å². The van der Waals surface area contributed by atoms with Crippen molar-refractivity contribution in [1.29, 1.82) is 0 Å². The lowest BCUT2D eigenvalue weighted by atomic mass is 10.0. The highest BCUT2D eigenvalue weighted by atomic mass is 16.5. The maximum absolute atomic E-state index is 12.6. The van der Waals surface area contributed by atoms with Crippen LogP contribution in [-0.4, -0.2) is 63.4 Å². The van der Waals surface area contributed by atoms with Gasteiger partial charge in [0.05, 0.1) is 12.2 Å². The molecule has 1 amide bonds. The maximum Gasteiger partial charge on any atom is 0.292 e. The van der Waals surface area contributed by atoms with Crippen LogP contribution < -0.4 is 0 Å². The molecule has 25 heavy (non-hydrogen) atoms. The third-order valence-corrected chi connectivity index (χ3v) is 4.96. The number of likely N-dealkylation sites (tertiary alicyclic amines) is 1. The van der Waals surface area contributed by atoms with Gasteiger partial charge >= 0.3 is 0 Å². The molecule has 136 valence electrons. The number of carbonyl (C=O) groups is 1. The van der Waals surface area contributed by atoms with E-state index in [0.29, 0.717) is 5.76 Å². The number of hydrogen-bond donors (Lipinski definition) is 0. The standard InChI is InChI=1S/C18H27N5O2/c1-14(2)16-13-17(25-20-16)18(24)21(3)15-5-9-22(10-6-15)11-12-23-8-4-7-19-23/h4,7-8,13-15H,5-6,9-12H2,1-3H3. The Labute approximate surface area is 148 Å². The van der Waals surface area contributed by atoms with E-state index in [1.54, 1.807) is 12.3 Å². The number of hydrogen-bond acceptors (Lipinski definition) is 5. The summed E-state index contributed by atoms with van der Waals surface area (Å²) in [6.45, 7) is 7.96. The van der Waals surface area contributed by atoms with Gasteiger partial charge in [0.1, 0.15) is 0 Å². The van der Waals surface area contributed by atoms with Gasteiger partial charge in [0.15, 0.2) is 0 Å². The van der Waals surface area contributed by atoms with E-state index in [-0.39, 0.29) is 17.9 Å². The van der Waals surface area contributed by atoms with Gasteiger partial charge in [0.2, 0.25) is 5.76 Å². The van der Waals surface area contributed by atoms with Crippen LogP contribution in [0.15, 0.2) is 29.0 Å². The number of rotatable bonds is 6. The van der Waals surface area contributed by atoms with Gasteiger partial charge in [-0.3, -0.25) is 9.48 Å². The fraction of sp³-hybridized carbons (Fsp3) is 0.611. The highest BCUT2D eigenvalue weighted by Crippen LogP contribution is 2.20. The normalized spacial score (nSPS) is 16.5. The Kier molecular flexibility index (Phi) is 5.53. The van der Waals surface area contributed by atoms with Gasteiger partial charge in [-0.05, 0) is 24.8 Å². The van der Waals surface area contributed by atoms with Crippen LogP contribution >= 0.6 is 0 Å². The van der Waals surface area contributed by atoms with Gasteiger partial charge in [0.25, 0.3) is 5.91 Å². The van der Waals surface area contributed by atoms with Crippen LogP contribution in [0, 0.1) is 0 Å². The number of nitrogens with zero attached hydrogens (tertiary/aromatic N) is 5. The largest absolute Gasteiger partial charge is 0.351 e. The molecule has 3 heterocycles. The Morgan fingerprint density at radius 1 is 1.36 bits per heavy atom. The molecule has 0 spiro atoms. The fourth-order valence-electron chi connectivity index (χ4n) is 3.21. The summed E-state index contributed by atoms with van der Waals surface area (Å²) in [7, 11) is 1.87. The van der Waals surface area contributed by atoms with Crippen LogP contribution in [0.2, 0.25) is 0 Å². The summed E-state index contributed by atoms with van der Waals surface area (Å²) in [5, 5.41) is 8.22. The summed E-state index contributed by atoms with van der Waals surface area (Å²) < 4.78 is 7.20. The molecular formula is C18H27N5O2. The maximum atomic E-state index is 12.6. The van der Waals surface area contributed by atoms with Gasteiger partial charge in [-0.1, -0.05) is 19.0 Å². The van der Waals surface area contributed by atoms with E-state index in [1.165, 1.54) is 0 Å². The first kappa shape index (κ1) is 17.7. The molecule has 1 aliphatic heterocycles. The van der Waals surface area contributed by atoms with Crippen LogP contribution in [0.3, 0.4) is 0 Å². The SMILES string of the molecule is CC(C)c1cc(C(=O)N(C)C2CCN(CCn3cccn3)CC2)on1. The molecule has 0 aliphatic carbocycles. The summed E-state index contributed by atoms with van der Waals surface area (Å²) in [5.41, 5.74) is 0.824. The van der Waals surface area contributed by atoms with Crippen molar-refractivity contribution < 1.29 is 9.32 Å². The van der Waals surface area contributed by atoms with Crippen molar-refractivity contribution in [3.05, 3.63) is 36.0 Å². The van der Waals surface area contributed by atoms with Gasteiger partial charge in [0, 0.05) is 51.2 Å². The van der Waals surface area contributed by atoms with Crippen molar-refractivity contribution in [2.75, 3.05) is 26.7 Å². The Bertz CT molecular complexity index is 671. The predicted octanol–water partition coefficient (Wildman–Crippen LogP) is 2.23. The predicted molar refractivity (Wildman–Crippen MR) is 94.4 cm³/mol. The first-order valence-corrected chi connectivity index (χ1v) is 8.98. The number of piperidine rings is 1. The van der Waals surface area contributed by atoms with E-state index in [4.69, 9.17) is 4.52 Å². The van der Waals surface area contributed by atoms with Crippen LogP contribution in [0.4, 0.5) is 0 Å². The molecule has 2 aromatic rings. The first-order valence-electron chi connectivity index (χ1n) is 8.98. The Balaban J connectivity index is 1.48. The van der Waals surface area contributed by atoms with Crippen molar-refractivity contribution in [3.8, 4) is 0 Å². The Morgan fingerprint density at radius 3 is 2.72 bits per heavy atom. The molecule has 1 fully saturated rings. The van der Waals surface area contributed by atoms with Gasteiger partial charge in [-0.25, -0.2) is 0 Å². The zero-order chi connectivity index (χ0) is 17.8. The van der Waals surface area contributed by atoms with Gasteiger partial charge < -0.3 is 14.3 Å². The smallest absolute Gasteiger partial charge is 0.292 e. The fourth-order valence-corrected chi connectivity index (χ4v) is 3.21. The van der Waals surface area contributed by atoms with Crippen LogP contribution in [-0.2, 0) is 6.54 Å². The highest BCUT2D eigenvalue weighted by Gasteiger charge is 2.28. The van der Waals surface area contributed by atoms with E-state index in [1.807, 2.05) is 42.7 Å². The average Bonchev–Trinajstić information content (AvgIpc) is 3.30. The molecule has 0 saturated carbocycles. The monoisotopic (exact) mass is 345 g/mol. The summed E-state index contributed by atoms with van der Waals surface area (Å²) in [6.07, 6.45) is 5.75. The second kappa shape index (κ2) is 7.82. The summed E-state index contributed by atoms with van der Waals surface area (Å²) in [5.74, 6) is 0.523. The minimum absolute atomic E-state index is 0.0746. The second-order valence-electron chi connectivity index (χ2n) is 7.03. The molecule has 0 bridgehead atoms. The van der Waals surface area contributed by atoms with Crippen LogP contribution in [0.1, 0.15) is 48.9 Å². The summed E-state index contributed by atoms with van der Waals surface area (Å²) in [4.78, 5) is 16.9. The van der Waals surface area contributed by atoms with E-state index in [9.17, 15) is 4.79 Å². The Morgan fingerprint density at radius 2 is 2.12 bits per heavy atom.